The Bertz CT molecular complexity index is 823. The third kappa shape index (κ3) is 3.87. The van der Waals surface area contributed by atoms with Gasteiger partial charge in [-0.15, -0.1) is 0 Å². The van der Waals surface area contributed by atoms with Crippen molar-refractivity contribution in [3.05, 3.63) is 59.8 Å². The minimum atomic E-state index is -0.934. The average molecular weight is 354 g/mol. The second-order valence-electron chi connectivity index (χ2n) is 8.96. The largest absolute Gasteiger partial charge is 0.524 e. The van der Waals surface area contributed by atoms with Crippen LogP contribution in [-0.4, -0.2) is 18.3 Å². The van der Waals surface area contributed by atoms with Crippen LogP contribution in [0.1, 0.15) is 47.1 Å². The fourth-order valence-electron chi connectivity index (χ4n) is 3.32. The van der Waals surface area contributed by atoms with Gasteiger partial charge in [0.1, 0.15) is 5.73 Å². The van der Waals surface area contributed by atoms with Gasteiger partial charge in [0.15, 0.2) is 0 Å². The second-order valence-corrected chi connectivity index (χ2v) is 8.96. The van der Waals surface area contributed by atoms with Crippen LogP contribution in [0, 0.1) is 5.41 Å². The quantitative estimate of drug-likeness (QED) is 0.637. The van der Waals surface area contributed by atoms with E-state index < -0.39 is 18.3 Å². The molecule has 1 heterocycles. The van der Waals surface area contributed by atoms with Crippen molar-refractivity contribution in [3.63, 3.8) is 0 Å². The molecule has 0 saturated carbocycles. The van der Waals surface area contributed by atoms with E-state index in [-0.39, 0.29) is 11.1 Å². The predicted octanol–water partition coefficient (Wildman–Crippen LogP) is 5.89. The minimum Gasteiger partial charge on any atom is -0.398 e. The van der Waals surface area contributed by atoms with Crippen molar-refractivity contribution in [2.45, 2.75) is 59.2 Å². The molecule has 1 aliphatic heterocycles. The fraction of sp³-hybridized carbons (Fsp3) is 0.455. The molecular weight excluding hydrogens is 326 g/mol. The van der Waals surface area contributed by atoms with Gasteiger partial charge in [-0.1, -0.05) is 62.4 Å². The molecule has 3 rings (SSSR count). The zero-order valence-electron chi connectivity index (χ0n) is 16.6. The van der Waals surface area contributed by atoms with Crippen molar-refractivity contribution in [1.82, 2.24) is 0 Å². The van der Waals surface area contributed by atoms with E-state index in [0.29, 0.717) is 0 Å². The molecule has 26 heavy (non-hydrogen) atoms. The van der Waals surface area contributed by atoms with Crippen molar-refractivity contribution in [3.8, 4) is 0 Å². The highest BCUT2D eigenvalue weighted by atomic mass is 19.1. The molecular formula is C22H28BFO2. The van der Waals surface area contributed by atoms with Crippen LogP contribution in [0.25, 0.3) is 10.8 Å². The summed E-state index contributed by atoms with van der Waals surface area (Å²) in [6, 6.07) is 14.7. The van der Waals surface area contributed by atoms with E-state index in [0.717, 1.165) is 6.42 Å². The first-order chi connectivity index (χ1) is 12.0. The number of halogens is 1. The van der Waals surface area contributed by atoms with E-state index in [9.17, 15) is 4.39 Å². The Balaban J connectivity index is 1.78. The summed E-state index contributed by atoms with van der Waals surface area (Å²) in [5.41, 5.74) is -0.589. The van der Waals surface area contributed by atoms with Crippen molar-refractivity contribution < 1.29 is 13.7 Å². The van der Waals surface area contributed by atoms with Gasteiger partial charge in [-0.2, -0.15) is 0 Å². The van der Waals surface area contributed by atoms with Gasteiger partial charge in [-0.25, -0.2) is 4.39 Å². The third-order valence-electron chi connectivity index (χ3n) is 5.48. The zero-order chi connectivity index (χ0) is 19.2. The molecule has 0 radical (unpaired) electrons. The molecule has 0 aromatic heterocycles. The summed E-state index contributed by atoms with van der Waals surface area (Å²) in [4.78, 5) is 0. The van der Waals surface area contributed by atoms with Crippen LogP contribution in [0.2, 0.25) is 0 Å². The van der Waals surface area contributed by atoms with Crippen LogP contribution in [-0.2, 0) is 15.7 Å². The van der Waals surface area contributed by atoms with Crippen LogP contribution in [0.3, 0.4) is 0 Å². The molecule has 1 fully saturated rings. The molecule has 0 spiro atoms. The van der Waals surface area contributed by atoms with Gasteiger partial charge in [-0.05, 0) is 55.9 Å². The first-order valence-corrected chi connectivity index (χ1v) is 9.21. The van der Waals surface area contributed by atoms with Crippen molar-refractivity contribution in [2.24, 2.45) is 5.41 Å². The maximum Gasteiger partial charge on any atom is 0.524 e. The van der Waals surface area contributed by atoms with Gasteiger partial charge < -0.3 is 9.31 Å². The standard InChI is InChI=1S/C22H28BFO2/c1-20(2,14-16-11-12-17-9-7-8-10-18(17)13-16)15-19(24)23-25-21(3,4)22(5,6)26-23/h7-13,15H,14H2,1-6H3. The van der Waals surface area contributed by atoms with Crippen molar-refractivity contribution >= 4 is 17.9 Å². The summed E-state index contributed by atoms with van der Waals surface area (Å²) in [7, 11) is -0.934. The lowest BCUT2D eigenvalue weighted by atomic mass is 9.78. The molecule has 138 valence electrons. The van der Waals surface area contributed by atoms with E-state index in [4.69, 9.17) is 9.31 Å². The van der Waals surface area contributed by atoms with E-state index in [1.165, 1.54) is 16.3 Å². The van der Waals surface area contributed by atoms with E-state index in [2.05, 4.69) is 30.3 Å². The molecule has 2 nitrogen and oxygen atoms in total. The highest BCUT2D eigenvalue weighted by Crippen LogP contribution is 2.39. The van der Waals surface area contributed by atoms with Gasteiger partial charge in [0.05, 0.1) is 11.2 Å². The monoisotopic (exact) mass is 354 g/mol. The fourth-order valence-corrected chi connectivity index (χ4v) is 3.32. The van der Waals surface area contributed by atoms with Gasteiger partial charge in [0.2, 0.25) is 0 Å². The lowest BCUT2D eigenvalue weighted by Crippen LogP contribution is -2.41. The highest BCUT2D eigenvalue weighted by molar-refractivity contribution is 6.53. The lowest BCUT2D eigenvalue weighted by Gasteiger charge is -2.32. The summed E-state index contributed by atoms with van der Waals surface area (Å²) < 4.78 is 26.5. The second kappa shape index (κ2) is 6.51. The molecule has 0 bridgehead atoms. The Hall–Kier alpha value is -1.65. The number of benzene rings is 2. The number of fused-ring (bicyclic) bond motifs is 1. The van der Waals surface area contributed by atoms with Crippen LogP contribution in [0.15, 0.2) is 54.3 Å². The molecule has 1 saturated heterocycles. The number of hydrogen-bond donors (Lipinski definition) is 0. The van der Waals surface area contributed by atoms with Crippen LogP contribution < -0.4 is 0 Å². The number of rotatable bonds is 4. The Morgan fingerprint density at radius 1 is 1.00 bits per heavy atom. The Morgan fingerprint density at radius 3 is 2.19 bits per heavy atom. The molecule has 0 N–H and O–H groups in total. The third-order valence-corrected chi connectivity index (χ3v) is 5.48. The number of hydrogen-bond acceptors (Lipinski definition) is 2. The molecule has 4 heteroatoms. The summed E-state index contributed by atoms with van der Waals surface area (Å²) >= 11 is 0. The smallest absolute Gasteiger partial charge is 0.398 e. The number of allylic oxidation sites excluding steroid dienone is 1. The van der Waals surface area contributed by atoms with Crippen LogP contribution >= 0.6 is 0 Å². The summed E-state index contributed by atoms with van der Waals surface area (Å²) in [5.74, 6) is 0. The van der Waals surface area contributed by atoms with Crippen molar-refractivity contribution in [2.75, 3.05) is 0 Å². The Morgan fingerprint density at radius 2 is 1.58 bits per heavy atom. The maximum absolute atomic E-state index is 14.9. The average Bonchev–Trinajstić information content (AvgIpc) is 2.74. The molecule has 0 atom stereocenters. The van der Waals surface area contributed by atoms with Crippen molar-refractivity contribution in [1.29, 1.82) is 0 Å². The van der Waals surface area contributed by atoms with E-state index in [1.54, 1.807) is 6.08 Å². The molecule has 0 unspecified atom stereocenters. The van der Waals surface area contributed by atoms with Gasteiger partial charge in [-0.3, -0.25) is 0 Å². The zero-order valence-corrected chi connectivity index (χ0v) is 16.6. The minimum absolute atomic E-state index is 0.351. The Labute approximate surface area is 156 Å². The molecule has 0 aliphatic carbocycles. The lowest BCUT2D eigenvalue weighted by molar-refractivity contribution is 0.00578. The first-order valence-electron chi connectivity index (χ1n) is 9.21. The SMILES string of the molecule is CC(C)(C=C(F)B1OC(C)(C)C(C)(C)O1)Cc1ccc2ccccc2c1. The normalized spacial score (nSPS) is 20.0. The summed E-state index contributed by atoms with van der Waals surface area (Å²) in [6.45, 7) is 11.8. The molecule has 2 aromatic rings. The van der Waals surface area contributed by atoms with Gasteiger partial charge in [0, 0.05) is 0 Å². The first kappa shape index (κ1) is 19.1. The summed E-state index contributed by atoms with van der Waals surface area (Å²) in [6.07, 6.45) is 2.38. The molecule has 1 aliphatic rings. The van der Waals surface area contributed by atoms with Crippen LogP contribution in [0.4, 0.5) is 4.39 Å². The van der Waals surface area contributed by atoms with Gasteiger partial charge >= 0.3 is 7.12 Å². The summed E-state index contributed by atoms with van der Waals surface area (Å²) in [5, 5.41) is 2.42. The topological polar surface area (TPSA) is 18.5 Å². The van der Waals surface area contributed by atoms with Gasteiger partial charge in [0.25, 0.3) is 0 Å². The highest BCUT2D eigenvalue weighted by Gasteiger charge is 2.53. The molecule has 2 aromatic carbocycles. The Kier molecular flexibility index (Phi) is 4.79. The maximum atomic E-state index is 14.9. The van der Waals surface area contributed by atoms with E-state index >= 15 is 0 Å². The predicted molar refractivity (Wildman–Crippen MR) is 107 cm³/mol. The van der Waals surface area contributed by atoms with E-state index in [1.807, 2.05) is 53.7 Å². The molecule has 0 amide bonds. The van der Waals surface area contributed by atoms with Crippen LogP contribution in [0.5, 0.6) is 0 Å².